The van der Waals surface area contributed by atoms with Crippen molar-refractivity contribution in [2.24, 2.45) is 0 Å². The largest absolute Gasteiger partial charge is 0.673 e. The molecule has 0 saturated carbocycles. The first kappa shape index (κ1) is 16.7. The van der Waals surface area contributed by atoms with Crippen LogP contribution in [0.3, 0.4) is 0 Å². The number of halogens is 4. The lowest BCUT2D eigenvalue weighted by Gasteiger charge is -1.98. The summed E-state index contributed by atoms with van der Waals surface area (Å²) in [4.78, 5) is 0. The van der Waals surface area contributed by atoms with Gasteiger partial charge in [-0.15, -0.1) is 0 Å². The molecule has 0 atom stereocenters. The zero-order valence-corrected chi connectivity index (χ0v) is 12.0. The Balaban J connectivity index is 0.000000338. The van der Waals surface area contributed by atoms with Gasteiger partial charge in [-0.05, 0) is 23.3 Å². The van der Waals surface area contributed by atoms with Gasteiger partial charge in [-0.3, -0.25) is 0 Å². The summed E-state index contributed by atoms with van der Waals surface area (Å²) in [5, 5.41) is 0. The molecule has 0 aliphatic carbocycles. The van der Waals surface area contributed by atoms with Crippen molar-refractivity contribution in [2.75, 3.05) is 0 Å². The highest BCUT2D eigenvalue weighted by molar-refractivity contribution is 6.50. The van der Waals surface area contributed by atoms with Crippen LogP contribution in [0, 0.1) is 0 Å². The molecule has 0 unspecified atom stereocenters. The van der Waals surface area contributed by atoms with Crippen molar-refractivity contribution in [1.29, 1.82) is 0 Å². The summed E-state index contributed by atoms with van der Waals surface area (Å²) < 4.78 is 44.6. The molecule has 0 aliphatic heterocycles. The first-order valence-corrected chi connectivity index (χ1v) is 6.83. The standard InChI is InChI=1S/C17H13O.BF4/c1-3-7-14(8-4-1)16-11-12-18-17(13-16)15-9-5-2-6-10-15;2-1(3,4)5/h1-13H;/q+1;-1. The van der Waals surface area contributed by atoms with Gasteiger partial charge < -0.3 is 17.3 Å². The fraction of sp³-hybridized carbons (Fsp3) is 0. The quantitative estimate of drug-likeness (QED) is 0.311. The second-order valence-corrected chi connectivity index (χ2v) is 4.61. The average molecular weight is 320 g/mol. The van der Waals surface area contributed by atoms with Gasteiger partial charge in [0.2, 0.25) is 0 Å². The van der Waals surface area contributed by atoms with E-state index in [2.05, 4.69) is 18.2 Å². The topological polar surface area (TPSA) is 11.3 Å². The Morgan fingerprint density at radius 1 is 0.609 bits per heavy atom. The minimum Gasteiger partial charge on any atom is -0.418 e. The SMILES string of the molecule is F[B-](F)(F)F.c1ccc(-c2cc[o+]c(-c3ccccc3)c2)cc1. The molecule has 3 aromatic rings. The van der Waals surface area contributed by atoms with E-state index in [9.17, 15) is 17.3 Å². The van der Waals surface area contributed by atoms with Gasteiger partial charge in [-0.2, -0.15) is 0 Å². The van der Waals surface area contributed by atoms with Gasteiger partial charge in [0.25, 0.3) is 0 Å². The van der Waals surface area contributed by atoms with E-state index in [1.807, 2.05) is 54.6 Å². The first-order valence-electron chi connectivity index (χ1n) is 6.83. The van der Waals surface area contributed by atoms with Crippen LogP contribution < -0.4 is 0 Å². The predicted octanol–water partition coefficient (Wildman–Crippen LogP) is 6.19. The van der Waals surface area contributed by atoms with Crippen molar-refractivity contribution in [1.82, 2.24) is 0 Å². The lowest BCUT2D eigenvalue weighted by molar-refractivity contribution is 0.368. The van der Waals surface area contributed by atoms with Crippen LogP contribution in [0.25, 0.3) is 22.5 Å². The van der Waals surface area contributed by atoms with Crippen LogP contribution in [0.4, 0.5) is 17.3 Å². The highest BCUT2D eigenvalue weighted by atomic mass is 19.5. The van der Waals surface area contributed by atoms with Gasteiger partial charge in [0, 0.05) is 6.07 Å². The lowest BCUT2D eigenvalue weighted by atomic mass is 10.0. The molecule has 0 fully saturated rings. The van der Waals surface area contributed by atoms with Gasteiger partial charge in [0.15, 0.2) is 0 Å². The Labute approximate surface area is 131 Å². The molecule has 0 bridgehead atoms. The Morgan fingerprint density at radius 3 is 1.61 bits per heavy atom. The van der Waals surface area contributed by atoms with Gasteiger partial charge in [-0.1, -0.05) is 48.5 Å². The van der Waals surface area contributed by atoms with Crippen molar-refractivity contribution in [3.63, 3.8) is 0 Å². The molecule has 0 radical (unpaired) electrons. The van der Waals surface area contributed by atoms with Crippen LogP contribution in [0.1, 0.15) is 0 Å². The smallest absolute Gasteiger partial charge is 0.418 e. The molecule has 6 heteroatoms. The van der Waals surface area contributed by atoms with Crippen molar-refractivity contribution < 1.29 is 21.7 Å². The predicted molar refractivity (Wildman–Crippen MR) is 84.2 cm³/mol. The highest BCUT2D eigenvalue weighted by Crippen LogP contribution is 2.25. The normalized spacial score (nSPS) is 10.6. The number of hydrogen-bond donors (Lipinski definition) is 0. The molecule has 0 spiro atoms. The molecule has 0 amide bonds. The zero-order chi connectivity index (χ0) is 16.7. The number of benzene rings is 2. The summed E-state index contributed by atoms with van der Waals surface area (Å²) in [7, 11) is -6.00. The molecule has 1 aromatic heterocycles. The second-order valence-electron chi connectivity index (χ2n) is 4.61. The van der Waals surface area contributed by atoms with Crippen molar-refractivity contribution in [3.8, 4) is 22.5 Å². The van der Waals surface area contributed by atoms with Crippen LogP contribution in [0.15, 0.2) is 83.5 Å². The maximum Gasteiger partial charge on any atom is 0.673 e. The summed E-state index contributed by atoms with van der Waals surface area (Å²) in [6.45, 7) is 0. The molecular weight excluding hydrogens is 307 g/mol. The lowest BCUT2D eigenvalue weighted by Crippen LogP contribution is -2.02. The van der Waals surface area contributed by atoms with Crippen molar-refractivity contribution >= 4 is 7.25 Å². The molecule has 1 nitrogen and oxygen atoms in total. The third-order valence-corrected chi connectivity index (χ3v) is 2.89. The first-order chi connectivity index (χ1) is 10.9. The second kappa shape index (κ2) is 7.58. The van der Waals surface area contributed by atoms with Crippen molar-refractivity contribution in [2.45, 2.75) is 0 Å². The van der Waals surface area contributed by atoms with Gasteiger partial charge in [-0.25, -0.2) is 4.42 Å². The Morgan fingerprint density at radius 2 is 1.09 bits per heavy atom. The van der Waals surface area contributed by atoms with E-state index in [4.69, 9.17) is 4.42 Å². The molecule has 23 heavy (non-hydrogen) atoms. The van der Waals surface area contributed by atoms with E-state index in [1.54, 1.807) is 6.26 Å². The molecule has 1 heterocycles. The molecule has 0 aliphatic rings. The molecule has 0 N–H and O–H groups in total. The van der Waals surface area contributed by atoms with E-state index in [0.29, 0.717) is 0 Å². The summed E-state index contributed by atoms with van der Waals surface area (Å²) in [5.41, 5.74) is 3.46. The van der Waals surface area contributed by atoms with Crippen LogP contribution in [0.5, 0.6) is 0 Å². The third kappa shape index (κ3) is 5.94. The summed E-state index contributed by atoms with van der Waals surface area (Å²) in [5.74, 6) is 0.886. The maximum absolute atomic E-state index is 9.75. The van der Waals surface area contributed by atoms with E-state index in [1.165, 1.54) is 11.1 Å². The van der Waals surface area contributed by atoms with Gasteiger partial charge in [0.05, 0.1) is 11.6 Å². The monoisotopic (exact) mass is 320 g/mol. The van der Waals surface area contributed by atoms with E-state index >= 15 is 0 Å². The third-order valence-electron chi connectivity index (χ3n) is 2.89. The van der Waals surface area contributed by atoms with E-state index in [0.717, 1.165) is 11.3 Å². The molecular formula is C17H13BF4O. The summed E-state index contributed by atoms with van der Waals surface area (Å²) in [6, 6.07) is 24.5. The Kier molecular flexibility index (Phi) is 5.52. The molecule has 0 saturated heterocycles. The van der Waals surface area contributed by atoms with Crippen LogP contribution in [-0.2, 0) is 0 Å². The van der Waals surface area contributed by atoms with Crippen LogP contribution in [-0.4, -0.2) is 7.25 Å². The van der Waals surface area contributed by atoms with E-state index < -0.39 is 7.25 Å². The minimum absolute atomic E-state index is 0.886. The van der Waals surface area contributed by atoms with Gasteiger partial charge >= 0.3 is 19.3 Å². The Bertz CT molecular complexity index is 670. The molecule has 118 valence electrons. The average Bonchev–Trinajstić information content (AvgIpc) is 2.55. The van der Waals surface area contributed by atoms with Crippen LogP contribution >= 0.6 is 0 Å². The highest BCUT2D eigenvalue weighted by Gasteiger charge is 2.20. The van der Waals surface area contributed by atoms with Crippen LogP contribution in [0.2, 0.25) is 0 Å². The van der Waals surface area contributed by atoms with Gasteiger partial charge in [0.1, 0.15) is 0 Å². The number of rotatable bonds is 2. The summed E-state index contributed by atoms with van der Waals surface area (Å²) >= 11 is 0. The molecule has 3 rings (SSSR count). The molecule has 2 aromatic carbocycles. The maximum atomic E-state index is 9.75. The minimum atomic E-state index is -6.00. The van der Waals surface area contributed by atoms with E-state index in [-0.39, 0.29) is 0 Å². The fourth-order valence-corrected chi connectivity index (χ4v) is 1.97. The number of hydrogen-bond acceptors (Lipinski definition) is 0. The Hall–Kier alpha value is -2.63. The van der Waals surface area contributed by atoms with Crippen molar-refractivity contribution in [3.05, 3.63) is 79.1 Å². The summed E-state index contributed by atoms with van der Waals surface area (Å²) in [6.07, 6.45) is 1.74. The fourth-order valence-electron chi connectivity index (χ4n) is 1.97. The zero-order valence-electron chi connectivity index (χ0n) is 12.0.